The standard InChI is InChI=1S/C13H13N5O/c19-11-9-5-1-2-6-10(9)18-12(15-16-17-18)13(14-11)7-3-4-8-13/h1-2,5-6H,3-4,7-8H2,(H,14,19). The maximum absolute atomic E-state index is 12.4. The average Bonchev–Trinajstić information content (AvgIpc) is 3.05. The first-order valence-corrected chi connectivity index (χ1v) is 6.51. The molecule has 2 aromatic rings. The van der Waals surface area contributed by atoms with Gasteiger partial charge >= 0.3 is 0 Å². The summed E-state index contributed by atoms with van der Waals surface area (Å²) in [5.41, 5.74) is 0.975. The van der Waals surface area contributed by atoms with E-state index in [2.05, 4.69) is 20.8 Å². The third-order valence-corrected chi connectivity index (χ3v) is 4.08. The lowest BCUT2D eigenvalue weighted by molar-refractivity contribution is 0.0898. The zero-order valence-electron chi connectivity index (χ0n) is 10.3. The number of hydrogen-bond acceptors (Lipinski definition) is 4. The zero-order valence-corrected chi connectivity index (χ0v) is 10.3. The van der Waals surface area contributed by atoms with Gasteiger partial charge in [0.05, 0.1) is 11.3 Å². The number of nitrogens with zero attached hydrogens (tertiary/aromatic N) is 4. The number of nitrogens with one attached hydrogen (secondary N) is 1. The molecule has 19 heavy (non-hydrogen) atoms. The molecule has 0 saturated heterocycles. The number of rotatable bonds is 0. The molecule has 1 saturated carbocycles. The first-order chi connectivity index (χ1) is 9.30. The highest BCUT2D eigenvalue weighted by Crippen LogP contribution is 2.40. The lowest BCUT2D eigenvalue weighted by atomic mass is 9.96. The molecule has 1 spiro atoms. The van der Waals surface area contributed by atoms with Crippen LogP contribution in [-0.4, -0.2) is 26.1 Å². The highest BCUT2D eigenvalue weighted by atomic mass is 16.2. The summed E-state index contributed by atoms with van der Waals surface area (Å²) < 4.78 is 1.71. The smallest absolute Gasteiger partial charge is 0.254 e. The van der Waals surface area contributed by atoms with Gasteiger partial charge in [-0.1, -0.05) is 25.0 Å². The number of para-hydroxylation sites is 1. The SMILES string of the molecule is O=C1NC2(CCCC2)c2nnnn2-c2ccccc21. The second kappa shape index (κ2) is 3.63. The van der Waals surface area contributed by atoms with Gasteiger partial charge in [-0.15, -0.1) is 5.10 Å². The maximum Gasteiger partial charge on any atom is 0.254 e. The van der Waals surface area contributed by atoms with E-state index in [1.165, 1.54) is 0 Å². The van der Waals surface area contributed by atoms with E-state index >= 15 is 0 Å². The van der Waals surface area contributed by atoms with Gasteiger partial charge in [0.15, 0.2) is 5.82 Å². The van der Waals surface area contributed by atoms with Crippen molar-refractivity contribution in [3.63, 3.8) is 0 Å². The molecular formula is C13H13N5O. The van der Waals surface area contributed by atoms with Crippen molar-refractivity contribution in [2.75, 3.05) is 0 Å². The lowest BCUT2D eigenvalue weighted by Gasteiger charge is -2.26. The number of carbonyl (C=O) groups is 1. The van der Waals surface area contributed by atoms with E-state index in [-0.39, 0.29) is 5.91 Å². The number of hydrogen-bond donors (Lipinski definition) is 1. The Labute approximate surface area is 109 Å². The molecule has 1 aromatic heterocycles. The third kappa shape index (κ3) is 1.36. The Morgan fingerprint density at radius 1 is 1.21 bits per heavy atom. The van der Waals surface area contributed by atoms with Gasteiger partial charge in [0.25, 0.3) is 5.91 Å². The van der Waals surface area contributed by atoms with Crippen LogP contribution in [0.3, 0.4) is 0 Å². The van der Waals surface area contributed by atoms with Crippen molar-refractivity contribution in [1.29, 1.82) is 0 Å². The van der Waals surface area contributed by atoms with Gasteiger partial charge in [0.2, 0.25) is 0 Å². The molecule has 96 valence electrons. The molecule has 2 aliphatic rings. The van der Waals surface area contributed by atoms with Gasteiger partial charge in [0.1, 0.15) is 5.54 Å². The minimum atomic E-state index is -0.403. The van der Waals surface area contributed by atoms with Crippen LogP contribution in [0, 0.1) is 0 Å². The molecule has 1 amide bonds. The summed E-state index contributed by atoms with van der Waals surface area (Å²) in [7, 11) is 0. The molecule has 0 radical (unpaired) electrons. The van der Waals surface area contributed by atoms with Crippen LogP contribution in [0.1, 0.15) is 41.9 Å². The van der Waals surface area contributed by atoms with Gasteiger partial charge in [0, 0.05) is 0 Å². The molecule has 0 bridgehead atoms. The Morgan fingerprint density at radius 3 is 2.84 bits per heavy atom. The summed E-state index contributed by atoms with van der Waals surface area (Å²) in [6.07, 6.45) is 3.97. The van der Waals surface area contributed by atoms with Crippen LogP contribution in [0.5, 0.6) is 0 Å². The number of fused-ring (bicyclic) bond motifs is 4. The fourth-order valence-corrected chi connectivity index (χ4v) is 3.17. The van der Waals surface area contributed by atoms with Crippen molar-refractivity contribution in [2.45, 2.75) is 31.2 Å². The van der Waals surface area contributed by atoms with Gasteiger partial charge in [-0.25, -0.2) is 0 Å². The highest BCUT2D eigenvalue weighted by Gasteiger charge is 2.44. The van der Waals surface area contributed by atoms with E-state index in [0.717, 1.165) is 37.2 Å². The van der Waals surface area contributed by atoms with Gasteiger partial charge in [-0.05, 0) is 35.4 Å². The quantitative estimate of drug-likeness (QED) is 0.767. The van der Waals surface area contributed by atoms with Crippen molar-refractivity contribution < 1.29 is 4.79 Å². The van der Waals surface area contributed by atoms with Crippen LogP contribution in [0.2, 0.25) is 0 Å². The first kappa shape index (κ1) is 10.7. The average molecular weight is 255 g/mol. The maximum atomic E-state index is 12.4. The third-order valence-electron chi connectivity index (χ3n) is 4.08. The summed E-state index contributed by atoms with van der Waals surface area (Å²) in [4.78, 5) is 12.4. The summed E-state index contributed by atoms with van der Waals surface area (Å²) >= 11 is 0. The first-order valence-electron chi connectivity index (χ1n) is 6.51. The molecule has 1 aliphatic carbocycles. The molecular weight excluding hydrogens is 242 g/mol. The molecule has 1 fully saturated rings. The Bertz CT molecular complexity index is 657. The van der Waals surface area contributed by atoms with Crippen LogP contribution in [0.4, 0.5) is 0 Å². The molecule has 0 unspecified atom stereocenters. The Kier molecular flexibility index (Phi) is 2.04. The fraction of sp³-hybridized carbons (Fsp3) is 0.385. The van der Waals surface area contributed by atoms with Gasteiger partial charge in [-0.3, -0.25) is 4.79 Å². The minimum Gasteiger partial charge on any atom is -0.339 e. The van der Waals surface area contributed by atoms with Crippen LogP contribution in [0.15, 0.2) is 24.3 Å². The number of benzene rings is 1. The summed E-state index contributed by atoms with van der Waals surface area (Å²) in [5, 5.41) is 15.2. The largest absolute Gasteiger partial charge is 0.339 e. The molecule has 2 heterocycles. The molecule has 6 heteroatoms. The van der Waals surface area contributed by atoms with E-state index in [4.69, 9.17) is 0 Å². The van der Waals surface area contributed by atoms with E-state index < -0.39 is 5.54 Å². The Morgan fingerprint density at radius 2 is 2.00 bits per heavy atom. The Hall–Kier alpha value is -2.24. The normalized spacial score (nSPS) is 19.7. The van der Waals surface area contributed by atoms with Crippen LogP contribution >= 0.6 is 0 Å². The molecule has 4 rings (SSSR count). The molecule has 6 nitrogen and oxygen atoms in total. The predicted molar refractivity (Wildman–Crippen MR) is 66.8 cm³/mol. The lowest BCUT2D eigenvalue weighted by Crippen LogP contribution is -2.43. The Balaban J connectivity index is 2.00. The van der Waals surface area contributed by atoms with Crippen molar-refractivity contribution in [1.82, 2.24) is 25.5 Å². The van der Waals surface area contributed by atoms with Crippen molar-refractivity contribution in [3.05, 3.63) is 35.7 Å². The summed E-state index contributed by atoms with van der Waals surface area (Å²) in [5.74, 6) is 0.702. The van der Waals surface area contributed by atoms with Gasteiger partial charge < -0.3 is 5.32 Å². The van der Waals surface area contributed by atoms with Crippen molar-refractivity contribution >= 4 is 5.91 Å². The van der Waals surface area contributed by atoms with Crippen molar-refractivity contribution in [3.8, 4) is 5.69 Å². The topological polar surface area (TPSA) is 72.7 Å². The number of amides is 1. The monoisotopic (exact) mass is 255 g/mol. The minimum absolute atomic E-state index is 0.0511. The molecule has 1 N–H and O–H groups in total. The van der Waals surface area contributed by atoms with Crippen LogP contribution < -0.4 is 5.32 Å². The summed E-state index contributed by atoms with van der Waals surface area (Å²) in [6.45, 7) is 0. The second-order valence-electron chi connectivity index (χ2n) is 5.17. The molecule has 0 atom stereocenters. The van der Waals surface area contributed by atoms with Gasteiger partial charge in [-0.2, -0.15) is 4.68 Å². The van der Waals surface area contributed by atoms with E-state index in [0.29, 0.717) is 5.56 Å². The zero-order chi connectivity index (χ0) is 12.9. The predicted octanol–water partition coefficient (Wildman–Crippen LogP) is 1.17. The second-order valence-corrected chi connectivity index (χ2v) is 5.17. The molecule has 1 aromatic carbocycles. The van der Waals surface area contributed by atoms with Crippen molar-refractivity contribution in [2.24, 2.45) is 0 Å². The fourth-order valence-electron chi connectivity index (χ4n) is 3.17. The van der Waals surface area contributed by atoms with E-state index in [1.807, 2.05) is 24.3 Å². The van der Waals surface area contributed by atoms with Crippen LogP contribution in [0.25, 0.3) is 5.69 Å². The number of aromatic nitrogens is 4. The highest BCUT2D eigenvalue weighted by molar-refractivity contribution is 5.98. The molecule has 1 aliphatic heterocycles. The van der Waals surface area contributed by atoms with E-state index in [9.17, 15) is 4.79 Å². The summed E-state index contributed by atoms with van der Waals surface area (Å²) in [6, 6.07) is 7.44. The number of tetrazole rings is 1. The number of carbonyl (C=O) groups excluding carboxylic acids is 1. The van der Waals surface area contributed by atoms with E-state index in [1.54, 1.807) is 4.68 Å². The van der Waals surface area contributed by atoms with Crippen LogP contribution in [-0.2, 0) is 5.54 Å².